The zero-order chi connectivity index (χ0) is 16.4. The molecule has 1 N–H and O–H groups in total. The Balaban J connectivity index is 1.73. The van der Waals surface area contributed by atoms with E-state index in [1.165, 1.54) is 0 Å². The lowest BCUT2D eigenvalue weighted by Crippen LogP contribution is -2.47. The molecule has 0 bridgehead atoms. The van der Waals surface area contributed by atoms with Crippen molar-refractivity contribution < 1.29 is 4.79 Å². The summed E-state index contributed by atoms with van der Waals surface area (Å²) in [7, 11) is 0. The summed E-state index contributed by atoms with van der Waals surface area (Å²) in [6.45, 7) is 0.439. The molecule has 0 aromatic heterocycles. The molecule has 0 atom stereocenters. The van der Waals surface area contributed by atoms with Crippen LogP contribution in [0.5, 0.6) is 0 Å². The van der Waals surface area contributed by atoms with Gasteiger partial charge in [-0.25, -0.2) is 5.01 Å². The second-order valence-electron chi connectivity index (χ2n) is 5.63. The molecule has 4 heteroatoms. The van der Waals surface area contributed by atoms with Gasteiger partial charge in [0.05, 0.1) is 16.9 Å². The highest BCUT2D eigenvalue weighted by Gasteiger charge is 2.29. The van der Waals surface area contributed by atoms with E-state index in [-0.39, 0.29) is 5.91 Å². The van der Waals surface area contributed by atoms with Gasteiger partial charge in [-0.2, -0.15) is 0 Å². The quantitative estimate of drug-likeness (QED) is 0.784. The smallest absolute Gasteiger partial charge is 0.276 e. The first kappa shape index (κ1) is 14.3. The topological polar surface area (TPSA) is 35.6 Å². The first-order valence-corrected chi connectivity index (χ1v) is 7.88. The number of hydrogen-bond acceptors (Lipinski definition) is 3. The van der Waals surface area contributed by atoms with E-state index in [2.05, 4.69) is 10.3 Å². The number of anilines is 3. The number of hydrazine groups is 1. The molecule has 1 heterocycles. The van der Waals surface area contributed by atoms with E-state index >= 15 is 0 Å². The maximum Gasteiger partial charge on any atom is 0.276 e. The zero-order valence-electron chi connectivity index (χ0n) is 13.1. The van der Waals surface area contributed by atoms with E-state index in [1.54, 1.807) is 5.01 Å². The molecule has 0 spiro atoms. The molecule has 3 aromatic rings. The molecule has 3 aromatic carbocycles. The number of rotatable bonds is 3. The summed E-state index contributed by atoms with van der Waals surface area (Å²) in [4.78, 5) is 15.0. The Hall–Kier alpha value is -3.27. The number of hydrogen-bond donors (Lipinski definition) is 1. The van der Waals surface area contributed by atoms with Crippen LogP contribution < -0.4 is 10.3 Å². The maximum atomic E-state index is 12.8. The average molecular weight is 315 g/mol. The zero-order valence-corrected chi connectivity index (χ0v) is 13.1. The number of carbonyl (C=O) groups excluding carboxylic acids is 1. The molecule has 1 amide bonds. The minimum Gasteiger partial charge on any atom is -0.321 e. The molecule has 24 heavy (non-hydrogen) atoms. The molecule has 1 aliphatic heterocycles. The monoisotopic (exact) mass is 315 g/mol. The summed E-state index contributed by atoms with van der Waals surface area (Å²) in [6, 6.07) is 27.5. The summed E-state index contributed by atoms with van der Waals surface area (Å²) in [5.41, 5.74) is 6.77. The molecular formula is C20H17N3O. The Morgan fingerprint density at radius 1 is 0.750 bits per heavy atom. The van der Waals surface area contributed by atoms with Crippen molar-refractivity contribution in [2.24, 2.45) is 0 Å². The Bertz CT molecular complexity index is 849. The van der Waals surface area contributed by atoms with Crippen LogP contribution in [0.1, 0.15) is 10.4 Å². The van der Waals surface area contributed by atoms with Crippen LogP contribution in [-0.4, -0.2) is 17.6 Å². The van der Waals surface area contributed by atoms with Crippen molar-refractivity contribution in [1.82, 2.24) is 5.01 Å². The van der Waals surface area contributed by atoms with E-state index in [1.807, 2.05) is 84.9 Å². The standard InChI is InChI=1S/C20H17N3O/c24-20-18-13-7-8-14-19(18)22(17-11-5-2-6-12-17)15-23(20)21-16-9-3-1-4-10-16/h1-14,21H,15H2. The number of para-hydroxylation sites is 3. The highest BCUT2D eigenvalue weighted by molar-refractivity contribution is 6.03. The number of nitrogens with zero attached hydrogens (tertiary/aromatic N) is 2. The first-order chi connectivity index (χ1) is 11.8. The lowest BCUT2D eigenvalue weighted by Gasteiger charge is -2.38. The van der Waals surface area contributed by atoms with Crippen molar-refractivity contribution in [2.45, 2.75) is 0 Å². The largest absolute Gasteiger partial charge is 0.321 e. The minimum atomic E-state index is -0.0263. The second-order valence-corrected chi connectivity index (χ2v) is 5.63. The van der Waals surface area contributed by atoms with Gasteiger partial charge >= 0.3 is 0 Å². The van der Waals surface area contributed by atoms with Crippen LogP contribution in [-0.2, 0) is 0 Å². The summed E-state index contributed by atoms with van der Waals surface area (Å²) in [5, 5.41) is 1.64. The summed E-state index contributed by atoms with van der Waals surface area (Å²) < 4.78 is 0. The SMILES string of the molecule is O=C1c2ccccc2N(c2ccccc2)CN1Nc1ccccc1. The minimum absolute atomic E-state index is 0.0263. The van der Waals surface area contributed by atoms with Crippen LogP contribution in [0.25, 0.3) is 0 Å². The summed E-state index contributed by atoms with van der Waals surface area (Å²) in [6.07, 6.45) is 0. The molecule has 4 nitrogen and oxygen atoms in total. The Morgan fingerprint density at radius 2 is 1.38 bits per heavy atom. The van der Waals surface area contributed by atoms with Crippen molar-refractivity contribution in [1.29, 1.82) is 0 Å². The third-order valence-electron chi connectivity index (χ3n) is 4.06. The number of carbonyl (C=O) groups is 1. The predicted octanol–water partition coefficient (Wildman–Crippen LogP) is 4.27. The highest BCUT2D eigenvalue weighted by atomic mass is 16.2. The molecule has 118 valence electrons. The van der Waals surface area contributed by atoms with Crippen LogP contribution in [0, 0.1) is 0 Å². The van der Waals surface area contributed by atoms with Crippen molar-refractivity contribution in [3.63, 3.8) is 0 Å². The fourth-order valence-electron chi connectivity index (χ4n) is 2.90. The van der Waals surface area contributed by atoms with E-state index < -0.39 is 0 Å². The normalized spacial score (nSPS) is 13.6. The van der Waals surface area contributed by atoms with Gasteiger partial charge in [0.15, 0.2) is 0 Å². The van der Waals surface area contributed by atoms with Gasteiger partial charge in [-0.3, -0.25) is 10.2 Å². The maximum absolute atomic E-state index is 12.8. The Kier molecular flexibility index (Phi) is 3.63. The summed E-state index contributed by atoms with van der Waals surface area (Å²) in [5.74, 6) is -0.0263. The molecular weight excluding hydrogens is 298 g/mol. The van der Waals surface area contributed by atoms with Crippen molar-refractivity contribution in [3.05, 3.63) is 90.5 Å². The van der Waals surface area contributed by atoms with Gasteiger partial charge in [0.25, 0.3) is 5.91 Å². The molecule has 4 rings (SSSR count). The number of nitrogens with one attached hydrogen (secondary N) is 1. The van der Waals surface area contributed by atoms with E-state index in [0.717, 1.165) is 17.1 Å². The van der Waals surface area contributed by atoms with Gasteiger partial charge in [0.2, 0.25) is 0 Å². The van der Waals surface area contributed by atoms with Crippen LogP contribution in [0.3, 0.4) is 0 Å². The fraction of sp³-hybridized carbons (Fsp3) is 0.0500. The fourth-order valence-corrected chi connectivity index (χ4v) is 2.90. The van der Waals surface area contributed by atoms with Gasteiger partial charge in [-0.15, -0.1) is 0 Å². The van der Waals surface area contributed by atoms with E-state index in [0.29, 0.717) is 12.2 Å². The van der Waals surface area contributed by atoms with Crippen molar-refractivity contribution >= 4 is 23.0 Å². The third kappa shape index (κ3) is 2.58. The number of benzene rings is 3. The van der Waals surface area contributed by atoms with Gasteiger partial charge in [0.1, 0.15) is 6.67 Å². The molecule has 1 aliphatic rings. The van der Waals surface area contributed by atoms with Crippen LogP contribution in [0.4, 0.5) is 17.1 Å². The lowest BCUT2D eigenvalue weighted by atomic mass is 10.1. The molecule has 0 radical (unpaired) electrons. The predicted molar refractivity (Wildman–Crippen MR) is 96.1 cm³/mol. The number of amides is 1. The first-order valence-electron chi connectivity index (χ1n) is 7.88. The van der Waals surface area contributed by atoms with Gasteiger partial charge in [-0.1, -0.05) is 48.5 Å². The highest BCUT2D eigenvalue weighted by Crippen LogP contribution is 2.33. The molecule has 0 fully saturated rings. The van der Waals surface area contributed by atoms with E-state index in [9.17, 15) is 4.79 Å². The van der Waals surface area contributed by atoms with Crippen LogP contribution in [0.2, 0.25) is 0 Å². The average Bonchev–Trinajstić information content (AvgIpc) is 2.66. The van der Waals surface area contributed by atoms with Crippen molar-refractivity contribution in [3.8, 4) is 0 Å². The Labute approximate surface area is 140 Å². The van der Waals surface area contributed by atoms with Gasteiger partial charge in [0, 0.05) is 5.69 Å². The lowest BCUT2D eigenvalue weighted by molar-refractivity contribution is 0.0785. The van der Waals surface area contributed by atoms with Crippen LogP contribution >= 0.6 is 0 Å². The van der Waals surface area contributed by atoms with Crippen molar-refractivity contribution in [2.75, 3.05) is 17.0 Å². The second kappa shape index (κ2) is 6.08. The van der Waals surface area contributed by atoms with Crippen LogP contribution in [0.15, 0.2) is 84.9 Å². The number of fused-ring (bicyclic) bond motifs is 1. The molecule has 0 saturated heterocycles. The summed E-state index contributed by atoms with van der Waals surface area (Å²) >= 11 is 0. The molecule has 0 saturated carbocycles. The molecule has 0 unspecified atom stereocenters. The van der Waals surface area contributed by atoms with E-state index in [4.69, 9.17) is 0 Å². The van der Waals surface area contributed by atoms with Gasteiger partial charge < -0.3 is 4.90 Å². The molecule has 0 aliphatic carbocycles. The third-order valence-corrected chi connectivity index (χ3v) is 4.06. The Morgan fingerprint density at radius 3 is 2.12 bits per heavy atom. The van der Waals surface area contributed by atoms with Gasteiger partial charge in [-0.05, 0) is 36.4 Å².